The van der Waals surface area contributed by atoms with Crippen LogP contribution >= 0.6 is 0 Å². The molecule has 2 atom stereocenters. The summed E-state index contributed by atoms with van der Waals surface area (Å²) in [5, 5.41) is 19.6. The highest BCUT2D eigenvalue weighted by molar-refractivity contribution is 5.77. The van der Waals surface area contributed by atoms with Gasteiger partial charge >= 0.3 is 0 Å². The second kappa shape index (κ2) is 4.11. The summed E-state index contributed by atoms with van der Waals surface area (Å²) in [6, 6.07) is 0. The Morgan fingerprint density at radius 1 is 1.64 bits per heavy atom. The number of hydrogen-bond donors (Lipinski definition) is 2. The monoisotopic (exact) mass is 199 g/mol. The number of nitrogens with zero attached hydrogens (tertiary/aromatic N) is 1. The molecule has 0 fully saturated rings. The lowest BCUT2D eigenvalue weighted by Crippen LogP contribution is -2.45. The minimum absolute atomic E-state index is 0.0579. The van der Waals surface area contributed by atoms with Crippen molar-refractivity contribution < 1.29 is 15.0 Å². The van der Waals surface area contributed by atoms with Crippen LogP contribution in [0.5, 0.6) is 0 Å². The van der Waals surface area contributed by atoms with Crippen LogP contribution < -0.4 is 0 Å². The molecule has 0 spiro atoms. The van der Waals surface area contributed by atoms with Gasteiger partial charge in [0.2, 0.25) is 5.91 Å². The van der Waals surface area contributed by atoms with Crippen LogP contribution in [0.15, 0.2) is 12.2 Å². The highest BCUT2D eigenvalue weighted by atomic mass is 16.3. The summed E-state index contributed by atoms with van der Waals surface area (Å²) in [7, 11) is 3.26. The SMILES string of the molecule is CN(C)C(=O)CC1(O)C=CCCC1O. The number of aliphatic hydroxyl groups is 2. The Labute approximate surface area is 83.8 Å². The van der Waals surface area contributed by atoms with Crippen LogP contribution in [0.3, 0.4) is 0 Å². The molecule has 80 valence electrons. The van der Waals surface area contributed by atoms with Crippen molar-refractivity contribution in [3.8, 4) is 0 Å². The minimum Gasteiger partial charge on any atom is -0.390 e. The molecule has 14 heavy (non-hydrogen) atoms. The first-order valence-corrected chi connectivity index (χ1v) is 4.74. The predicted octanol–water partition coefficient (Wildman–Crippen LogP) is -0.0933. The van der Waals surface area contributed by atoms with Gasteiger partial charge in [0.25, 0.3) is 0 Å². The van der Waals surface area contributed by atoms with E-state index in [-0.39, 0.29) is 12.3 Å². The maximum absolute atomic E-state index is 11.4. The van der Waals surface area contributed by atoms with Crippen molar-refractivity contribution in [2.24, 2.45) is 0 Å². The van der Waals surface area contributed by atoms with E-state index in [1.165, 1.54) is 11.0 Å². The van der Waals surface area contributed by atoms with Gasteiger partial charge in [-0.25, -0.2) is 0 Å². The van der Waals surface area contributed by atoms with Crippen molar-refractivity contribution in [3.05, 3.63) is 12.2 Å². The molecular weight excluding hydrogens is 182 g/mol. The summed E-state index contributed by atoms with van der Waals surface area (Å²) in [6.07, 6.45) is 3.69. The maximum Gasteiger partial charge on any atom is 0.225 e. The Morgan fingerprint density at radius 3 is 2.79 bits per heavy atom. The first kappa shape index (κ1) is 11.2. The Morgan fingerprint density at radius 2 is 2.29 bits per heavy atom. The van der Waals surface area contributed by atoms with Crippen LogP contribution in [0, 0.1) is 0 Å². The Bertz CT molecular complexity index is 250. The summed E-state index contributed by atoms with van der Waals surface area (Å²) in [6.45, 7) is 0. The second-order valence-electron chi connectivity index (χ2n) is 3.95. The quantitative estimate of drug-likeness (QED) is 0.611. The zero-order valence-corrected chi connectivity index (χ0v) is 8.60. The summed E-state index contributed by atoms with van der Waals surface area (Å²) < 4.78 is 0. The number of allylic oxidation sites excluding steroid dienone is 1. The van der Waals surface area contributed by atoms with Gasteiger partial charge in [-0.2, -0.15) is 0 Å². The largest absolute Gasteiger partial charge is 0.390 e. The van der Waals surface area contributed by atoms with Gasteiger partial charge in [0, 0.05) is 14.1 Å². The molecule has 1 amide bonds. The number of hydrogen-bond acceptors (Lipinski definition) is 3. The molecule has 2 N–H and O–H groups in total. The fourth-order valence-corrected chi connectivity index (χ4v) is 1.48. The summed E-state index contributed by atoms with van der Waals surface area (Å²) in [4.78, 5) is 12.8. The number of carbonyl (C=O) groups is 1. The van der Waals surface area contributed by atoms with Crippen molar-refractivity contribution in [1.29, 1.82) is 0 Å². The van der Waals surface area contributed by atoms with E-state index >= 15 is 0 Å². The molecule has 2 unspecified atom stereocenters. The average Bonchev–Trinajstić information content (AvgIpc) is 2.10. The zero-order chi connectivity index (χ0) is 10.8. The Balaban J connectivity index is 2.69. The van der Waals surface area contributed by atoms with Crippen molar-refractivity contribution in [2.75, 3.05) is 14.1 Å². The maximum atomic E-state index is 11.4. The van der Waals surface area contributed by atoms with Gasteiger partial charge in [-0.05, 0) is 12.8 Å². The third-order valence-corrected chi connectivity index (χ3v) is 2.52. The van der Waals surface area contributed by atoms with Gasteiger partial charge in [-0.1, -0.05) is 12.2 Å². The topological polar surface area (TPSA) is 60.8 Å². The van der Waals surface area contributed by atoms with Gasteiger partial charge in [0.05, 0.1) is 12.5 Å². The summed E-state index contributed by atoms with van der Waals surface area (Å²) in [5.41, 5.74) is -1.38. The molecule has 4 heteroatoms. The summed E-state index contributed by atoms with van der Waals surface area (Å²) in [5.74, 6) is -0.182. The van der Waals surface area contributed by atoms with Crippen molar-refractivity contribution >= 4 is 5.91 Å². The van der Waals surface area contributed by atoms with E-state index in [0.29, 0.717) is 6.42 Å². The lowest BCUT2D eigenvalue weighted by Gasteiger charge is -2.33. The van der Waals surface area contributed by atoms with Crippen LogP contribution in [0.2, 0.25) is 0 Å². The van der Waals surface area contributed by atoms with E-state index in [2.05, 4.69) is 0 Å². The first-order valence-electron chi connectivity index (χ1n) is 4.74. The van der Waals surface area contributed by atoms with E-state index in [1.807, 2.05) is 0 Å². The average molecular weight is 199 g/mol. The molecule has 1 aliphatic rings. The van der Waals surface area contributed by atoms with E-state index in [1.54, 1.807) is 20.2 Å². The number of aliphatic hydroxyl groups excluding tert-OH is 1. The minimum atomic E-state index is -1.38. The lowest BCUT2D eigenvalue weighted by atomic mass is 9.85. The van der Waals surface area contributed by atoms with E-state index in [9.17, 15) is 15.0 Å². The molecular formula is C10H17NO3. The van der Waals surface area contributed by atoms with Crippen LogP contribution in [0.1, 0.15) is 19.3 Å². The number of rotatable bonds is 2. The van der Waals surface area contributed by atoms with Gasteiger partial charge in [-0.3, -0.25) is 4.79 Å². The van der Waals surface area contributed by atoms with Crippen molar-refractivity contribution in [3.63, 3.8) is 0 Å². The second-order valence-corrected chi connectivity index (χ2v) is 3.95. The predicted molar refractivity (Wildman–Crippen MR) is 52.6 cm³/mol. The fraction of sp³-hybridized carbons (Fsp3) is 0.700. The third-order valence-electron chi connectivity index (χ3n) is 2.52. The molecule has 0 aliphatic heterocycles. The molecule has 1 aliphatic carbocycles. The van der Waals surface area contributed by atoms with Crippen LogP contribution in [0.4, 0.5) is 0 Å². The highest BCUT2D eigenvalue weighted by Gasteiger charge is 2.37. The molecule has 4 nitrogen and oxygen atoms in total. The van der Waals surface area contributed by atoms with Crippen LogP contribution in [-0.4, -0.2) is 46.8 Å². The normalized spacial score (nSPS) is 31.6. The summed E-state index contributed by atoms with van der Waals surface area (Å²) >= 11 is 0. The van der Waals surface area contributed by atoms with Crippen LogP contribution in [-0.2, 0) is 4.79 Å². The molecule has 1 rings (SSSR count). The molecule has 0 saturated carbocycles. The van der Waals surface area contributed by atoms with Gasteiger partial charge in [-0.15, -0.1) is 0 Å². The molecule has 0 radical (unpaired) electrons. The van der Waals surface area contributed by atoms with E-state index in [4.69, 9.17) is 0 Å². The Kier molecular flexibility index (Phi) is 3.29. The lowest BCUT2D eigenvalue weighted by molar-refractivity contribution is -0.137. The molecule has 0 saturated heterocycles. The third kappa shape index (κ3) is 2.33. The molecule has 0 aromatic heterocycles. The molecule has 0 heterocycles. The fourth-order valence-electron chi connectivity index (χ4n) is 1.48. The van der Waals surface area contributed by atoms with E-state index in [0.717, 1.165) is 6.42 Å². The first-order chi connectivity index (χ1) is 6.46. The van der Waals surface area contributed by atoms with E-state index < -0.39 is 11.7 Å². The van der Waals surface area contributed by atoms with Gasteiger partial charge in [0.15, 0.2) is 0 Å². The molecule has 0 bridgehead atoms. The number of amides is 1. The highest BCUT2D eigenvalue weighted by Crippen LogP contribution is 2.26. The Hall–Kier alpha value is -0.870. The molecule has 0 aromatic carbocycles. The van der Waals surface area contributed by atoms with Gasteiger partial charge in [0.1, 0.15) is 5.60 Å². The number of carbonyl (C=O) groups excluding carboxylic acids is 1. The molecule has 0 aromatic rings. The van der Waals surface area contributed by atoms with Crippen LogP contribution in [0.25, 0.3) is 0 Å². The van der Waals surface area contributed by atoms with Gasteiger partial charge < -0.3 is 15.1 Å². The van der Waals surface area contributed by atoms with Crippen molar-refractivity contribution in [1.82, 2.24) is 4.90 Å². The standard InChI is InChI=1S/C10H17NO3/c1-11(2)9(13)7-10(14)6-4-3-5-8(10)12/h4,6,8,12,14H,3,5,7H2,1-2H3. The zero-order valence-electron chi connectivity index (χ0n) is 8.60. The smallest absolute Gasteiger partial charge is 0.225 e. The van der Waals surface area contributed by atoms with Crippen molar-refractivity contribution in [2.45, 2.75) is 31.0 Å².